The van der Waals surface area contributed by atoms with E-state index in [0.717, 1.165) is 23.4 Å². The topological polar surface area (TPSA) is 61.0 Å². The zero-order valence-electron chi connectivity index (χ0n) is 14.7. The lowest BCUT2D eigenvalue weighted by Crippen LogP contribution is -2.31. The largest absolute Gasteiger partial charge is 0.351 e. The van der Waals surface area contributed by atoms with Gasteiger partial charge in [-0.2, -0.15) is 0 Å². The van der Waals surface area contributed by atoms with Crippen LogP contribution in [0.2, 0.25) is 0 Å². The maximum Gasteiger partial charge on any atom is 0.253 e. The third-order valence-electron chi connectivity index (χ3n) is 3.89. The van der Waals surface area contributed by atoms with Gasteiger partial charge in [0, 0.05) is 18.7 Å². The van der Waals surface area contributed by atoms with Gasteiger partial charge in [0.25, 0.3) is 5.91 Å². The Kier molecular flexibility index (Phi) is 6.17. The molecule has 0 saturated heterocycles. The minimum Gasteiger partial charge on any atom is -0.351 e. The Hall–Kier alpha value is -2.37. The van der Waals surface area contributed by atoms with E-state index >= 15 is 0 Å². The molecule has 2 N–H and O–H groups in total. The molecule has 0 fully saturated rings. The fourth-order valence-corrected chi connectivity index (χ4v) is 2.63. The molecule has 2 aromatic carbocycles. The summed E-state index contributed by atoms with van der Waals surface area (Å²) in [5, 5.41) is 2.95. The summed E-state index contributed by atoms with van der Waals surface area (Å²) in [7, 11) is 3.96. The fraction of sp³-hybridized carbons (Fsp3) is 0.263. The van der Waals surface area contributed by atoms with Crippen LogP contribution in [-0.4, -0.2) is 48.0 Å². The number of benzene rings is 2. The quantitative estimate of drug-likeness (QED) is 0.736. The standard InChI is InChI=1S/C19H22N4O.ClH/c1-13-6-4-7-14(12-13)18-21-16-9-5-8-15(17(16)22-18)19(24)20-10-11-23(2)3;/h4-9,12H,10-11H2,1-3H3,(H,20,24)(H,21,22);1H. The second-order valence-corrected chi connectivity index (χ2v) is 6.22. The predicted molar refractivity (Wildman–Crippen MR) is 104 cm³/mol. The summed E-state index contributed by atoms with van der Waals surface area (Å²) in [6, 6.07) is 13.8. The number of para-hydroxylation sites is 1. The molecular weight excluding hydrogens is 336 g/mol. The summed E-state index contributed by atoms with van der Waals surface area (Å²) in [5.74, 6) is 0.687. The van der Waals surface area contributed by atoms with Crippen LogP contribution in [0.1, 0.15) is 15.9 Å². The number of halogens is 1. The first-order valence-electron chi connectivity index (χ1n) is 8.03. The zero-order valence-corrected chi connectivity index (χ0v) is 15.5. The van der Waals surface area contributed by atoms with Crippen molar-refractivity contribution in [1.82, 2.24) is 20.2 Å². The molecule has 0 aliphatic rings. The van der Waals surface area contributed by atoms with Gasteiger partial charge in [-0.1, -0.05) is 29.8 Å². The molecule has 0 aliphatic heterocycles. The van der Waals surface area contributed by atoms with Crippen LogP contribution >= 0.6 is 12.4 Å². The number of hydrogen-bond acceptors (Lipinski definition) is 3. The molecule has 6 heteroatoms. The third kappa shape index (κ3) is 4.38. The van der Waals surface area contributed by atoms with Crippen LogP contribution in [-0.2, 0) is 0 Å². The number of fused-ring (bicyclic) bond motifs is 1. The van der Waals surface area contributed by atoms with Gasteiger partial charge in [-0.15, -0.1) is 12.4 Å². The lowest BCUT2D eigenvalue weighted by Gasteiger charge is -2.10. The van der Waals surface area contributed by atoms with E-state index < -0.39 is 0 Å². The van der Waals surface area contributed by atoms with Crippen molar-refractivity contribution in [3.63, 3.8) is 0 Å². The predicted octanol–water partition coefficient (Wildman–Crippen LogP) is 3.25. The summed E-state index contributed by atoms with van der Waals surface area (Å²) in [6.07, 6.45) is 0. The van der Waals surface area contributed by atoms with Crippen LogP contribution in [0.25, 0.3) is 22.4 Å². The summed E-state index contributed by atoms with van der Waals surface area (Å²) in [4.78, 5) is 22.5. The molecule has 0 saturated carbocycles. The molecule has 0 spiro atoms. The van der Waals surface area contributed by atoms with Crippen molar-refractivity contribution in [2.45, 2.75) is 6.92 Å². The Morgan fingerprint density at radius 2 is 1.96 bits per heavy atom. The smallest absolute Gasteiger partial charge is 0.253 e. The minimum absolute atomic E-state index is 0. The van der Waals surface area contributed by atoms with Crippen LogP contribution in [0.3, 0.4) is 0 Å². The number of aryl methyl sites for hydroxylation is 1. The molecule has 1 heterocycles. The summed E-state index contributed by atoms with van der Waals surface area (Å²) >= 11 is 0. The Balaban J connectivity index is 0.00000225. The van der Waals surface area contributed by atoms with Gasteiger partial charge in [0.15, 0.2) is 0 Å². The highest BCUT2D eigenvalue weighted by Crippen LogP contribution is 2.23. The number of carbonyl (C=O) groups excluding carboxylic acids is 1. The van der Waals surface area contributed by atoms with Gasteiger partial charge in [-0.25, -0.2) is 4.98 Å². The Morgan fingerprint density at radius 3 is 2.68 bits per heavy atom. The molecule has 0 bridgehead atoms. The molecule has 3 aromatic rings. The number of hydrogen-bond donors (Lipinski definition) is 2. The van der Waals surface area contributed by atoms with Crippen molar-refractivity contribution in [2.75, 3.05) is 27.2 Å². The average Bonchev–Trinajstić information content (AvgIpc) is 2.98. The number of likely N-dealkylation sites (N-methyl/N-ethyl adjacent to an activating group) is 1. The Labute approximate surface area is 153 Å². The first kappa shape index (κ1) is 19.0. The Bertz CT molecular complexity index is 873. The maximum atomic E-state index is 12.5. The van der Waals surface area contributed by atoms with Crippen molar-refractivity contribution in [3.8, 4) is 11.4 Å². The van der Waals surface area contributed by atoms with Gasteiger partial charge in [0.05, 0.1) is 11.1 Å². The molecule has 0 atom stereocenters. The first-order chi connectivity index (χ1) is 11.5. The lowest BCUT2D eigenvalue weighted by atomic mass is 10.1. The van der Waals surface area contributed by atoms with Gasteiger partial charge in [-0.3, -0.25) is 4.79 Å². The molecule has 25 heavy (non-hydrogen) atoms. The Morgan fingerprint density at radius 1 is 1.20 bits per heavy atom. The third-order valence-corrected chi connectivity index (χ3v) is 3.89. The number of rotatable bonds is 5. The van der Waals surface area contributed by atoms with Crippen LogP contribution in [0.4, 0.5) is 0 Å². The molecule has 0 radical (unpaired) electrons. The van der Waals surface area contributed by atoms with E-state index in [-0.39, 0.29) is 18.3 Å². The van der Waals surface area contributed by atoms with Gasteiger partial charge < -0.3 is 15.2 Å². The monoisotopic (exact) mass is 358 g/mol. The SMILES string of the molecule is Cc1cccc(-c2nc3c(C(=O)NCCN(C)C)cccc3[nH]2)c1.Cl. The molecule has 1 aromatic heterocycles. The van der Waals surface area contributed by atoms with Crippen LogP contribution in [0, 0.1) is 6.92 Å². The summed E-state index contributed by atoms with van der Waals surface area (Å²) < 4.78 is 0. The van der Waals surface area contributed by atoms with Crippen molar-refractivity contribution in [1.29, 1.82) is 0 Å². The molecule has 5 nitrogen and oxygen atoms in total. The molecule has 132 valence electrons. The van der Waals surface area contributed by atoms with E-state index in [1.807, 2.05) is 49.3 Å². The number of aromatic amines is 1. The van der Waals surface area contributed by atoms with Crippen molar-refractivity contribution >= 4 is 29.3 Å². The first-order valence-corrected chi connectivity index (χ1v) is 8.03. The number of carbonyl (C=O) groups is 1. The number of aromatic nitrogens is 2. The fourth-order valence-electron chi connectivity index (χ4n) is 2.63. The number of H-pyrrole nitrogens is 1. The van der Waals surface area contributed by atoms with E-state index in [4.69, 9.17) is 0 Å². The van der Waals surface area contributed by atoms with E-state index in [9.17, 15) is 4.79 Å². The van der Waals surface area contributed by atoms with Gasteiger partial charge >= 0.3 is 0 Å². The number of amides is 1. The van der Waals surface area contributed by atoms with Crippen LogP contribution < -0.4 is 5.32 Å². The molecule has 0 aliphatic carbocycles. The van der Waals surface area contributed by atoms with Crippen LogP contribution in [0.15, 0.2) is 42.5 Å². The number of nitrogens with zero attached hydrogens (tertiary/aromatic N) is 2. The van der Waals surface area contributed by atoms with Crippen LogP contribution in [0.5, 0.6) is 0 Å². The van der Waals surface area contributed by atoms with Crippen molar-refractivity contribution in [2.24, 2.45) is 0 Å². The zero-order chi connectivity index (χ0) is 17.1. The molecule has 0 unspecified atom stereocenters. The average molecular weight is 359 g/mol. The van der Waals surface area contributed by atoms with Crippen molar-refractivity contribution in [3.05, 3.63) is 53.6 Å². The normalized spacial score (nSPS) is 10.7. The van der Waals surface area contributed by atoms with Gasteiger partial charge in [0.2, 0.25) is 0 Å². The van der Waals surface area contributed by atoms with E-state index in [2.05, 4.69) is 34.3 Å². The number of imidazole rings is 1. The van der Waals surface area contributed by atoms with E-state index in [0.29, 0.717) is 17.6 Å². The summed E-state index contributed by atoms with van der Waals surface area (Å²) in [6.45, 7) is 3.46. The van der Waals surface area contributed by atoms with Gasteiger partial charge in [0.1, 0.15) is 11.3 Å². The highest BCUT2D eigenvalue weighted by Gasteiger charge is 2.14. The molecular formula is C19H23ClN4O. The lowest BCUT2D eigenvalue weighted by molar-refractivity contribution is 0.0952. The minimum atomic E-state index is -0.0928. The van der Waals surface area contributed by atoms with E-state index in [1.165, 1.54) is 5.56 Å². The summed E-state index contributed by atoms with van der Waals surface area (Å²) in [5.41, 5.74) is 4.37. The molecule has 1 amide bonds. The van der Waals surface area contributed by atoms with E-state index in [1.54, 1.807) is 0 Å². The second-order valence-electron chi connectivity index (χ2n) is 6.22. The highest BCUT2D eigenvalue weighted by atomic mass is 35.5. The second kappa shape index (κ2) is 8.14. The highest BCUT2D eigenvalue weighted by molar-refractivity contribution is 6.05. The van der Waals surface area contributed by atoms with Gasteiger partial charge in [-0.05, 0) is 39.2 Å². The maximum absolute atomic E-state index is 12.5. The molecule has 3 rings (SSSR count). The number of nitrogens with one attached hydrogen (secondary N) is 2. The van der Waals surface area contributed by atoms with Crippen molar-refractivity contribution < 1.29 is 4.79 Å².